The molecule has 1 aliphatic heterocycles. The van der Waals surface area contributed by atoms with Crippen molar-refractivity contribution in [1.82, 2.24) is 9.80 Å². The molecule has 178 valence electrons. The van der Waals surface area contributed by atoms with Gasteiger partial charge in [0.1, 0.15) is 18.1 Å². The van der Waals surface area contributed by atoms with Crippen molar-refractivity contribution in [2.24, 2.45) is 0 Å². The number of non-ortho nitro benzene ring substituents is 1. The molecule has 1 heterocycles. The predicted molar refractivity (Wildman–Crippen MR) is 127 cm³/mol. The fraction of sp³-hybridized carbons (Fsp3) is 0.280. The van der Waals surface area contributed by atoms with Crippen LogP contribution in [0, 0.1) is 10.1 Å². The average molecular weight is 466 g/mol. The largest absolute Gasteiger partial charge is 0.507 e. The van der Waals surface area contributed by atoms with Gasteiger partial charge in [-0.3, -0.25) is 19.7 Å². The number of aliphatic hydroxyl groups excluding tert-OH is 1. The van der Waals surface area contributed by atoms with Gasteiger partial charge in [0.15, 0.2) is 0 Å². The quantitative estimate of drug-likeness (QED) is 0.143. The van der Waals surface area contributed by atoms with Crippen LogP contribution >= 0.6 is 0 Å². The summed E-state index contributed by atoms with van der Waals surface area (Å²) < 4.78 is 5.45. The van der Waals surface area contributed by atoms with Crippen LogP contribution in [0.15, 0.2) is 66.8 Å². The second-order valence-corrected chi connectivity index (χ2v) is 8.12. The van der Waals surface area contributed by atoms with E-state index < -0.39 is 22.7 Å². The number of aliphatic hydroxyl groups is 1. The van der Waals surface area contributed by atoms with Gasteiger partial charge < -0.3 is 19.6 Å². The van der Waals surface area contributed by atoms with E-state index in [2.05, 4.69) is 6.58 Å². The summed E-state index contributed by atoms with van der Waals surface area (Å²) in [5.41, 5.74) is 0.693. The number of nitro benzene ring substituents is 1. The summed E-state index contributed by atoms with van der Waals surface area (Å²) in [6, 6.07) is 11.3. The maximum atomic E-state index is 13.0. The highest BCUT2D eigenvalue weighted by molar-refractivity contribution is 6.46. The molecule has 1 atom stereocenters. The van der Waals surface area contributed by atoms with Crippen molar-refractivity contribution in [3.05, 3.63) is 88.0 Å². The molecule has 0 aromatic heterocycles. The van der Waals surface area contributed by atoms with Gasteiger partial charge in [-0.05, 0) is 69.0 Å². The molecule has 34 heavy (non-hydrogen) atoms. The number of rotatable bonds is 10. The molecule has 1 N–H and O–H groups in total. The van der Waals surface area contributed by atoms with E-state index in [1.165, 1.54) is 29.2 Å². The average Bonchev–Trinajstić information content (AvgIpc) is 3.07. The second-order valence-electron chi connectivity index (χ2n) is 8.12. The maximum absolute atomic E-state index is 13.0. The summed E-state index contributed by atoms with van der Waals surface area (Å²) in [4.78, 5) is 39.9. The number of Topliss-reactive ketones (excluding diaryl/α,β-unsaturated/α-hetero) is 1. The van der Waals surface area contributed by atoms with Crippen LogP contribution in [-0.2, 0) is 9.59 Å². The first-order valence-electron chi connectivity index (χ1n) is 10.8. The van der Waals surface area contributed by atoms with Crippen LogP contribution in [0.4, 0.5) is 5.69 Å². The zero-order valence-corrected chi connectivity index (χ0v) is 19.1. The maximum Gasteiger partial charge on any atom is 0.295 e. The predicted octanol–water partition coefficient (Wildman–Crippen LogP) is 3.53. The second kappa shape index (κ2) is 10.8. The summed E-state index contributed by atoms with van der Waals surface area (Å²) in [5.74, 6) is -1.26. The van der Waals surface area contributed by atoms with Crippen molar-refractivity contribution in [2.45, 2.75) is 12.5 Å². The first-order chi connectivity index (χ1) is 16.2. The number of ketones is 1. The van der Waals surface area contributed by atoms with Crippen LogP contribution in [0.1, 0.15) is 23.6 Å². The number of hydrogen-bond donors (Lipinski definition) is 1. The third kappa shape index (κ3) is 5.32. The number of likely N-dealkylation sites (tertiary alicyclic amines) is 1. The number of ether oxygens (including phenoxy) is 1. The number of carbonyl (C=O) groups is 2. The highest BCUT2D eigenvalue weighted by atomic mass is 16.6. The molecule has 3 rings (SSSR count). The van der Waals surface area contributed by atoms with Crippen LogP contribution < -0.4 is 4.74 Å². The highest BCUT2D eigenvalue weighted by Crippen LogP contribution is 2.40. The van der Waals surface area contributed by atoms with E-state index in [1.807, 2.05) is 19.0 Å². The van der Waals surface area contributed by atoms with Crippen LogP contribution in [0.3, 0.4) is 0 Å². The van der Waals surface area contributed by atoms with Crippen LogP contribution in [-0.4, -0.2) is 65.3 Å². The topological polar surface area (TPSA) is 113 Å². The molecule has 1 saturated heterocycles. The monoisotopic (exact) mass is 465 g/mol. The van der Waals surface area contributed by atoms with Gasteiger partial charge in [0, 0.05) is 24.2 Å². The van der Waals surface area contributed by atoms with Gasteiger partial charge in [-0.2, -0.15) is 0 Å². The van der Waals surface area contributed by atoms with Crippen LogP contribution in [0.25, 0.3) is 5.76 Å². The van der Waals surface area contributed by atoms with Gasteiger partial charge in [-0.25, -0.2) is 0 Å². The number of nitro groups is 1. The molecule has 0 aliphatic carbocycles. The van der Waals surface area contributed by atoms with E-state index in [1.54, 1.807) is 30.3 Å². The number of nitrogens with zero attached hydrogens (tertiary/aromatic N) is 3. The fourth-order valence-electron chi connectivity index (χ4n) is 3.81. The Morgan fingerprint density at radius 2 is 1.82 bits per heavy atom. The summed E-state index contributed by atoms with van der Waals surface area (Å²) >= 11 is 0. The third-order valence-corrected chi connectivity index (χ3v) is 5.46. The molecule has 1 unspecified atom stereocenters. The number of amides is 1. The minimum atomic E-state index is -0.861. The first-order valence-corrected chi connectivity index (χ1v) is 10.8. The zero-order valence-electron chi connectivity index (χ0n) is 19.1. The van der Waals surface area contributed by atoms with Crippen molar-refractivity contribution in [2.75, 3.05) is 33.8 Å². The molecule has 9 nitrogen and oxygen atoms in total. The lowest BCUT2D eigenvalue weighted by Gasteiger charge is -2.26. The van der Waals surface area contributed by atoms with Crippen LogP contribution in [0.5, 0.6) is 5.75 Å². The van der Waals surface area contributed by atoms with E-state index in [9.17, 15) is 24.8 Å². The fourth-order valence-corrected chi connectivity index (χ4v) is 3.81. The minimum Gasteiger partial charge on any atom is -0.507 e. The lowest BCUT2D eigenvalue weighted by molar-refractivity contribution is -0.384. The molecular formula is C25H27N3O6. The van der Waals surface area contributed by atoms with Crippen molar-refractivity contribution < 1.29 is 24.4 Å². The van der Waals surface area contributed by atoms with E-state index >= 15 is 0 Å². The Labute approximate surface area is 197 Å². The first kappa shape index (κ1) is 24.7. The molecule has 1 aliphatic rings. The Bertz CT molecular complexity index is 1110. The Balaban J connectivity index is 2.04. The third-order valence-electron chi connectivity index (χ3n) is 5.46. The smallest absolute Gasteiger partial charge is 0.295 e. The molecule has 0 spiro atoms. The molecule has 2 aromatic rings. The van der Waals surface area contributed by atoms with E-state index in [-0.39, 0.29) is 23.6 Å². The molecule has 1 fully saturated rings. The summed E-state index contributed by atoms with van der Waals surface area (Å²) in [7, 11) is 3.81. The Morgan fingerprint density at radius 1 is 1.18 bits per heavy atom. The molecule has 0 bridgehead atoms. The SMILES string of the molecule is C=CCOc1ccc(/C(O)=C2/C(=O)C(=O)N(CCCN(C)C)C2c2ccc([N+](=O)[O-])cc2)cc1. The van der Waals surface area contributed by atoms with E-state index in [0.29, 0.717) is 36.4 Å². The van der Waals surface area contributed by atoms with Crippen LogP contribution in [0.2, 0.25) is 0 Å². The molecule has 0 saturated carbocycles. The summed E-state index contributed by atoms with van der Waals surface area (Å²) in [5, 5.41) is 22.2. The normalized spacial score (nSPS) is 17.3. The van der Waals surface area contributed by atoms with Gasteiger partial charge in [0.2, 0.25) is 0 Å². The Hall–Kier alpha value is -3.98. The van der Waals surface area contributed by atoms with Crippen molar-refractivity contribution >= 4 is 23.1 Å². The lowest BCUT2D eigenvalue weighted by Crippen LogP contribution is -2.32. The molecule has 0 radical (unpaired) electrons. The van der Waals surface area contributed by atoms with Crippen molar-refractivity contribution in [3.63, 3.8) is 0 Å². The van der Waals surface area contributed by atoms with Gasteiger partial charge in [-0.15, -0.1) is 0 Å². The highest BCUT2D eigenvalue weighted by Gasteiger charge is 2.45. The zero-order chi connectivity index (χ0) is 24.8. The number of hydrogen-bond acceptors (Lipinski definition) is 7. The van der Waals surface area contributed by atoms with Gasteiger partial charge in [-0.1, -0.05) is 12.7 Å². The summed E-state index contributed by atoms with van der Waals surface area (Å²) in [6.07, 6.45) is 2.22. The Morgan fingerprint density at radius 3 is 2.38 bits per heavy atom. The molecule has 1 amide bonds. The van der Waals surface area contributed by atoms with E-state index in [4.69, 9.17) is 4.74 Å². The van der Waals surface area contributed by atoms with Crippen molar-refractivity contribution in [3.8, 4) is 5.75 Å². The van der Waals surface area contributed by atoms with Crippen molar-refractivity contribution in [1.29, 1.82) is 0 Å². The lowest BCUT2D eigenvalue weighted by atomic mass is 9.95. The van der Waals surface area contributed by atoms with E-state index in [0.717, 1.165) is 0 Å². The standard InChI is InChI=1S/C25H27N3O6/c1-4-16-34-20-12-8-18(9-13-20)23(29)21-22(17-6-10-19(11-7-17)28(32)33)27(25(31)24(21)30)15-5-14-26(2)3/h4,6-13,22,29H,1,5,14-16H2,2-3H3/b23-21-. The van der Waals surface area contributed by atoms with Gasteiger partial charge in [0.25, 0.3) is 17.4 Å². The number of carbonyl (C=O) groups excluding carboxylic acids is 2. The minimum absolute atomic E-state index is 0.0523. The summed E-state index contributed by atoms with van der Waals surface area (Å²) in [6.45, 7) is 4.90. The molecule has 2 aromatic carbocycles. The number of benzene rings is 2. The van der Waals surface area contributed by atoms with Gasteiger partial charge >= 0.3 is 0 Å². The Kier molecular flexibility index (Phi) is 7.80. The van der Waals surface area contributed by atoms with Gasteiger partial charge in [0.05, 0.1) is 16.5 Å². The molecule has 9 heteroatoms. The molecular weight excluding hydrogens is 438 g/mol.